The van der Waals surface area contributed by atoms with E-state index < -0.39 is 39.9 Å². The van der Waals surface area contributed by atoms with E-state index in [0.29, 0.717) is 11.8 Å². The first-order valence-corrected chi connectivity index (χ1v) is 19.5. The van der Waals surface area contributed by atoms with Crippen molar-refractivity contribution in [3.63, 3.8) is 0 Å². The van der Waals surface area contributed by atoms with E-state index >= 15 is 0 Å². The third-order valence-corrected chi connectivity index (χ3v) is 14.4. The van der Waals surface area contributed by atoms with Crippen LogP contribution in [0.1, 0.15) is 56.9 Å². The van der Waals surface area contributed by atoms with Crippen molar-refractivity contribution in [3.05, 3.63) is 59.9 Å². The third-order valence-electron chi connectivity index (χ3n) is 12.3. The zero-order valence-corrected chi connectivity index (χ0v) is 29.2. The number of anilines is 1. The summed E-state index contributed by atoms with van der Waals surface area (Å²) in [6.45, 7) is 7.65. The molecule has 7 rings (SSSR count). The van der Waals surface area contributed by atoms with Crippen molar-refractivity contribution in [1.29, 1.82) is 0 Å². The van der Waals surface area contributed by atoms with Crippen LogP contribution in [0.25, 0.3) is 0 Å². The summed E-state index contributed by atoms with van der Waals surface area (Å²) in [7, 11) is -2.33. The van der Waals surface area contributed by atoms with Gasteiger partial charge in [0.25, 0.3) is 5.92 Å². The highest BCUT2D eigenvalue weighted by atomic mass is 32.2. The van der Waals surface area contributed by atoms with Gasteiger partial charge in [-0.3, -0.25) is 0 Å². The fourth-order valence-corrected chi connectivity index (χ4v) is 11.3. The fraction of sp³-hybridized carbons (Fsp3) is 0.649. The number of benzene rings is 2. The lowest BCUT2D eigenvalue weighted by atomic mass is 9.57. The summed E-state index contributed by atoms with van der Waals surface area (Å²) in [5, 5.41) is 2.16. The van der Waals surface area contributed by atoms with Crippen molar-refractivity contribution in [3.8, 4) is 0 Å². The van der Waals surface area contributed by atoms with Crippen molar-refractivity contribution in [2.75, 3.05) is 64.4 Å². The topological polar surface area (TPSA) is 82.2 Å². The molecule has 3 atom stereocenters. The number of carbonyl (C=O) groups is 1. The Kier molecular flexibility index (Phi) is 9.69. The highest BCUT2D eigenvalue weighted by Crippen LogP contribution is 2.51. The van der Waals surface area contributed by atoms with E-state index in [2.05, 4.69) is 26.1 Å². The number of alkyl halides is 2. The van der Waals surface area contributed by atoms with E-state index in [9.17, 15) is 26.4 Å². The SMILES string of the molecule is COC(=O)N[C@H]1CCC[C@@H]1[C@](CN1CCC1)(c1cccc(F)c1)C1CCN(CC2CN(c3ccc(S(=O)(=O)C4CC(F)(F)C4)cc3)C2)CC1. The first-order valence-electron chi connectivity index (χ1n) is 18.0. The lowest BCUT2D eigenvalue weighted by Crippen LogP contribution is -2.60. The van der Waals surface area contributed by atoms with Crippen LogP contribution < -0.4 is 10.2 Å². The maximum absolute atomic E-state index is 14.9. The van der Waals surface area contributed by atoms with E-state index in [-0.39, 0.29) is 28.1 Å². The highest BCUT2D eigenvalue weighted by Gasteiger charge is 2.54. The summed E-state index contributed by atoms with van der Waals surface area (Å²) in [5.74, 6) is -2.07. The van der Waals surface area contributed by atoms with Crippen LogP contribution in [0.3, 0.4) is 0 Å². The van der Waals surface area contributed by atoms with Crippen molar-refractivity contribution in [2.45, 2.75) is 78.9 Å². The van der Waals surface area contributed by atoms with Gasteiger partial charge in [0.05, 0.1) is 17.3 Å². The predicted octanol–water partition coefficient (Wildman–Crippen LogP) is 5.71. The van der Waals surface area contributed by atoms with Crippen LogP contribution in [0, 0.1) is 23.6 Å². The lowest BCUT2D eigenvalue weighted by Gasteiger charge is -2.54. The minimum absolute atomic E-state index is 0.0203. The number of nitrogens with zero attached hydrogens (tertiary/aromatic N) is 3. The van der Waals surface area contributed by atoms with Crippen LogP contribution >= 0.6 is 0 Å². The Morgan fingerprint density at radius 1 is 0.959 bits per heavy atom. The summed E-state index contributed by atoms with van der Waals surface area (Å²) < 4.78 is 72.0. The second-order valence-electron chi connectivity index (χ2n) is 15.2. The third kappa shape index (κ3) is 6.94. The molecule has 49 heavy (non-hydrogen) atoms. The number of carbonyl (C=O) groups excluding carboxylic acids is 1. The molecule has 0 aromatic heterocycles. The molecule has 0 bridgehead atoms. The Bertz CT molecular complexity index is 1580. The zero-order chi connectivity index (χ0) is 34.4. The minimum atomic E-state index is -3.74. The number of methoxy groups -OCH3 is 1. The summed E-state index contributed by atoms with van der Waals surface area (Å²) in [5.41, 5.74) is 1.72. The second-order valence-corrected chi connectivity index (χ2v) is 17.5. The molecule has 8 nitrogen and oxygen atoms in total. The molecule has 5 aliphatic rings. The van der Waals surface area contributed by atoms with E-state index in [1.54, 1.807) is 30.3 Å². The number of hydrogen-bond acceptors (Lipinski definition) is 7. The van der Waals surface area contributed by atoms with Gasteiger partial charge in [0.2, 0.25) is 0 Å². The van der Waals surface area contributed by atoms with Crippen molar-refractivity contribution in [2.24, 2.45) is 17.8 Å². The number of amides is 1. The van der Waals surface area contributed by atoms with Gasteiger partial charge in [-0.2, -0.15) is 0 Å². The average molecular weight is 703 g/mol. The van der Waals surface area contributed by atoms with E-state index in [0.717, 1.165) is 95.7 Å². The number of hydrogen-bond donors (Lipinski definition) is 1. The Morgan fingerprint density at radius 2 is 1.67 bits per heavy atom. The number of sulfone groups is 1. The molecule has 5 fully saturated rings. The zero-order valence-electron chi connectivity index (χ0n) is 28.3. The minimum Gasteiger partial charge on any atom is -0.453 e. The Morgan fingerprint density at radius 3 is 2.29 bits per heavy atom. The molecule has 268 valence electrons. The smallest absolute Gasteiger partial charge is 0.407 e. The number of likely N-dealkylation sites (tertiary alicyclic amines) is 2. The molecule has 3 aliphatic heterocycles. The summed E-state index contributed by atoms with van der Waals surface area (Å²) in [6, 6.07) is 13.9. The Labute approximate surface area is 288 Å². The average Bonchev–Trinajstić information content (AvgIpc) is 3.50. The van der Waals surface area contributed by atoms with Gasteiger partial charge in [-0.15, -0.1) is 0 Å². The second kappa shape index (κ2) is 13.7. The molecule has 1 amide bonds. The van der Waals surface area contributed by atoms with Crippen molar-refractivity contribution < 1.29 is 31.1 Å². The van der Waals surface area contributed by atoms with Gasteiger partial charge in [-0.25, -0.2) is 26.4 Å². The van der Waals surface area contributed by atoms with Crippen LogP contribution in [0.2, 0.25) is 0 Å². The Balaban J connectivity index is 1.000. The maximum Gasteiger partial charge on any atom is 0.407 e. The number of halogens is 3. The highest BCUT2D eigenvalue weighted by molar-refractivity contribution is 7.92. The molecular formula is C37H49F3N4O4S. The van der Waals surface area contributed by atoms with Crippen LogP contribution in [0.4, 0.5) is 23.7 Å². The summed E-state index contributed by atoms with van der Waals surface area (Å²) >= 11 is 0. The molecule has 2 saturated carbocycles. The first kappa shape index (κ1) is 34.6. The van der Waals surface area contributed by atoms with Crippen LogP contribution in [0.15, 0.2) is 53.4 Å². The van der Waals surface area contributed by atoms with E-state index in [4.69, 9.17) is 4.74 Å². The van der Waals surface area contributed by atoms with E-state index in [1.807, 2.05) is 6.07 Å². The molecule has 12 heteroatoms. The number of piperidine rings is 1. The van der Waals surface area contributed by atoms with Gasteiger partial charge in [-0.1, -0.05) is 18.6 Å². The molecule has 2 aliphatic carbocycles. The molecule has 2 aromatic carbocycles. The van der Waals surface area contributed by atoms with Gasteiger partial charge in [0.15, 0.2) is 9.84 Å². The van der Waals surface area contributed by atoms with Gasteiger partial charge in [-0.05, 0) is 112 Å². The lowest BCUT2D eigenvalue weighted by molar-refractivity contribution is -0.0685. The maximum atomic E-state index is 14.9. The van der Waals surface area contributed by atoms with Crippen molar-refractivity contribution in [1.82, 2.24) is 15.1 Å². The molecule has 3 saturated heterocycles. The van der Waals surface area contributed by atoms with Gasteiger partial charge < -0.3 is 24.8 Å². The van der Waals surface area contributed by atoms with E-state index in [1.165, 1.54) is 19.6 Å². The quantitative estimate of drug-likeness (QED) is 0.321. The molecule has 3 heterocycles. The number of alkyl carbamates (subject to hydrolysis) is 1. The van der Waals surface area contributed by atoms with Gasteiger partial charge in [0, 0.05) is 62.1 Å². The summed E-state index contributed by atoms with van der Waals surface area (Å²) in [4.78, 5) is 19.9. The van der Waals surface area contributed by atoms with Crippen LogP contribution in [0.5, 0.6) is 0 Å². The largest absolute Gasteiger partial charge is 0.453 e. The molecule has 2 aromatic rings. The number of ether oxygens (including phenoxy) is 1. The Hall–Kier alpha value is -2.83. The number of rotatable bonds is 11. The first-order chi connectivity index (χ1) is 23.5. The van der Waals surface area contributed by atoms with Crippen LogP contribution in [-0.4, -0.2) is 101 Å². The van der Waals surface area contributed by atoms with Gasteiger partial charge >= 0.3 is 6.09 Å². The van der Waals surface area contributed by atoms with Gasteiger partial charge in [0.1, 0.15) is 5.82 Å². The monoisotopic (exact) mass is 702 g/mol. The van der Waals surface area contributed by atoms with Crippen molar-refractivity contribution >= 4 is 21.6 Å². The molecule has 0 spiro atoms. The molecule has 0 unspecified atom stereocenters. The standard InChI is InChI=1S/C37H49F3N4O4S/c1-48-35(45)41-34-8-3-7-33(34)37(25-43-15-4-16-43,28-5-2-6-29(38)19-28)27-13-17-42(18-14-27)22-26-23-44(24-26)30-9-11-31(12-10-30)49(46,47)32-20-36(39,40)21-32/h2,5-6,9-12,19,26-27,32-34H,3-4,7-8,13-18,20-25H2,1H3,(H,41,45)/t33-,34-,37-/m0/s1. The van der Waals surface area contributed by atoms with Crippen LogP contribution in [-0.2, 0) is 20.0 Å². The predicted molar refractivity (Wildman–Crippen MR) is 182 cm³/mol. The fourth-order valence-electron chi connectivity index (χ4n) is 9.49. The molecule has 0 radical (unpaired) electrons. The number of nitrogens with one attached hydrogen (secondary N) is 1. The normalized spacial score (nSPS) is 26.7. The molecule has 1 N–H and O–H groups in total. The summed E-state index contributed by atoms with van der Waals surface area (Å²) in [6.07, 6.45) is 4.49. The molecular weight excluding hydrogens is 653 g/mol.